The number of ether oxygens (including phenoxy) is 1. The maximum absolute atomic E-state index is 13.0. The van der Waals surface area contributed by atoms with Gasteiger partial charge in [-0.15, -0.1) is 0 Å². The van der Waals surface area contributed by atoms with Gasteiger partial charge in [0.2, 0.25) is 10.0 Å². The molecule has 1 aromatic rings. The van der Waals surface area contributed by atoms with Crippen molar-refractivity contribution in [3.05, 3.63) is 24.3 Å². The number of halogens is 6. The van der Waals surface area contributed by atoms with Crippen LogP contribution in [0.2, 0.25) is 0 Å². The van der Waals surface area contributed by atoms with E-state index in [1.54, 1.807) is 0 Å². The molecule has 114 valence electrons. The molecule has 0 radical (unpaired) electrons. The van der Waals surface area contributed by atoms with Crippen molar-refractivity contribution >= 4 is 10.0 Å². The molecule has 0 heterocycles. The molecule has 0 saturated carbocycles. The van der Waals surface area contributed by atoms with Crippen molar-refractivity contribution in [3.63, 3.8) is 0 Å². The minimum atomic E-state index is -5.87. The smallest absolute Gasteiger partial charge is 0.429 e. The fourth-order valence-electron chi connectivity index (χ4n) is 1.16. The van der Waals surface area contributed by atoms with Crippen molar-refractivity contribution < 1.29 is 39.5 Å². The first-order chi connectivity index (χ1) is 8.86. The molecule has 1 aromatic carbocycles. The van der Waals surface area contributed by atoms with E-state index in [4.69, 9.17) is 0 Å². The minimum Gasteiger partial charge on any atom is -0.429 e. The van der Waals surface area contributed by atoms with Crippen LogP contribution in [0.4, 0.5) is 26.3 Å². The Bertz CT molecular complexity index is 586. The van der Waals surface area contributed by atoms with Gasteiger partial charge in [0, 0.05) is 0 Å². The largest absolute Gasteiger partial charge is 0.439 e. The molecule has 0 bridgehead atoms. The number of para-hydroxylation sites is 1. The van der Waals surface area contributed by atoms with Gasteiger partial charge < -0.3 is 4.74 Å². The molecule has 4 nitrogen and oxygen atoms in total. The van der Waals surface area contributed by atoms with Crippen molar-refractivity contribution in [1.29, 1.82) is 0 Å². The van der Waals surface area contributed by atoms with Gasteiger partial charge in [-0.3, -0.25) is 0 Å². The number of hydrogen-bond donors (Lipinski definition) is 1. The molecule has 0 aliphatic carbocycles. The third-order valence-electron chi connectivity index (χ3n) is 1.98. The molecule has 2 N–H and O–H groups in total. The van der Waals surface area contributed by atoms with Gasteiger partial charge in [-0.05, 0) is 12.1 Å². The molecule has 1 atom stereocenters. The second kappa shape index (κ2) is 5.13. The Morgan fingerprint density at radius 2 is 1.60 bits per heavy atom. The first kappa shape index (κ1) is 16.6. The number of sulfonamides is 1. The van der Waals surface area contributed by atoms with Crippen LogP contribution in [0.1, 0.15) is 0 Å². The highest BCUT2D eigenvalue weighted by Crippen LogP contribution is 2.37. The van der Waals surface area contributed by atoms with Crippen LogP contribution in [-0.2, 0) is 10.0 Å². The first-order valence-corrected chi connectivity index (χ1v) is 6.30. The predicted molar refractivity (Wildman–Crippen MR) is 54.3 cm³/mol. The standard InChI is InChI=1S/C9H7F6NO3S/c10-7(8(11,12)13)9(14,15)19-5-3-1-2-4-6(5)20(16,17)18/h1-4,7H,(H2,16,17,18). The van der Waals surface area contributed by atoms with E-state index in [1.807, 2.05) is 0 Å². The second-order valence-electron chi connectivity index (χ2n) is 3.56. The molecule has 0 saturated heterocycles. The summed E-state index contributed by atoms with van der Waals surface area (Å²) in [5.41, 5.74) is 0. The van der Waals surface area contributed by atoms with E-state index < -0.39 is 39.1 Å². The summed E-state index contributed by atoms with van der Waals surface area (Å²) < 4.78 is 100. The minimum absolute atomic E-state index is 0.622. The molecule has 0 fully saturated rings. The summed E-state index contributed by atoms with van der Waals surface area (Å²) in [4.78, 5) is -0.992. The van der Waals surface area contributed by atoms with Gasteiger partial charge in [0.1, 0.15) is 10.6 Å². The molecular formula is C9H7F6NO3S. The van der Waals surface area contributed by atoms with Gasteiger partial charge in [-0.1, -0.05) is 12.1 Å². The Morgan fingerprint density at radius 3 is 2.05 bits per heavy atom. The number of benzene rings is 1. The highest BCUT2D eigenvalue weighted by molar-refractivity contribution is 7.89. The third kappa shape index (κ3) is 3.76. The van der Waals surface area contributed by atoms with Crippen molar-refractivity contribution in [1.82, 2.24) is 0 Å². The summed E-state index contributed by atoms with van der Waals surface area (Å²) in [5, 5.41) is 4.67. The molecule has 1 rings (SSSR count). The number of hydrogen-bond acceptors (Lipinski definition) is 3. The number of alkyl halides is 6. The summed E-state index contributed by atoms with van der Waals surface area (Å²) in [6.07, 6.45) is -15.8. The normalized spacial score (nSPS) is 14.9. The average molecular weight is 323 g/mol. The van der Waals surface area contributed by atoms with Crippen LogP contribution in [0.5, 0.6) is 5.75 Å². The molecular weight excluding hydrogens is 316 g/mol. The molecule has 0 aliphatic heterocycles. The van der Waals surface area contributed by atoms with Crippen LogP contribution >= 0.6 is 0 Å². The third-order valence-corrected chi connectivity index (χ3v) is 2.93. The Hall–Kier alpha value is -1.49. The van der Waals surface area contributed by atoms with E-state index in [2.05, 4.69) is 9.88 Å². The van der Waals surface area contributed by atoms with Crippen LogP contribution < -0.4 is 9.88 Å². The number of primary sulfonamides is 1. The van der Waals surface area contributed by atoms with Gasteiger partial charge in [0.05, 0.1) is 0 Å². The zero-order valence-electron chi connectivity index (χ0n) is 9.36. The lowest BCUT2D eigenvalue weighted by Gasteiger charge is -2.23. The van der Waals surface area contributed by atoms with E-state index in [1.165, 1.54) is 0 Å². The number of nitrogens with two attached hydrogens (primary N) is 1. The maximum Gasteiger partial charge on any atom is 0.439 e. The van der Waals surface area contributed by atoms with Crippen LogP contribution in [0, 0.1) is 0 Å². The van der Waals surface area contributed by atoms with Crippen molar-refractivity contribution in [2.75, 3.05) is 0 Å². The SMILES string of the molecule is NS(=O)(=O)c1ccccc1OC(F)(F)C(F)C(F)(F)F. The zero-order chi connectivity index (χ0) is 15.8. The van der Waals surface area contributed by atoms with Crippen molar-refractivity contribution in [3.8, 4) is 5.75 Å². The van der Waals surface area contributed by atoms with Gasteiger partial charge in [-0.2, -0.15) is 22.0 Å². The van der Waals surface area contributed by atoms with Crippen LogP contribution in [0.25, 0.3) is 0 Å². The van der Waals surface area contributed by atoms with Crippen molar-refractivity contribution in [2.45, 2.75) is 23.4 Å². The zero-order valence-corrected chi connectivity index (χ0v) is 10.2. The van der Waals surface area contributed by atoms with E-state index in [0.29, 0.717) is 6.07 Å². The summed E-state index contributed by atoms with van der Waals surface area (Å²) >= 11 is 0. The molecule has 0 spiro atoms. The van der Waals surface area contributed by atoms with E-state index in [-0.39, 0.29) is 0 Å². The molecule has 20 heavy (non-hydrogen) atoms. The first-order valence-electron chi connectivity index (χ1n) is 4.75. The van der Waals surface area contributed by atoms with Crippen LogP contribution in [0.15, 0.2) is 29.2 Å². The Morgan fingerprint density at radius 1 is 1.10 bits per heavy atom. The summed E-state index contributed by atoms with van der Waals surface area (Å²) in [7, 11) is -4.53. The molecule has 0 aliphatic rings. The Kier molecular flexibility index (Phi) is 4.25. The predicted octanol–water partition coefficient (Wildman–Crippen LogP) is 2.21. The van der Waals surface area contributed by atoms with Crippen LogP contribution in [0.3, 0.4) is 0 Å². The monoisotopic (exact) mass is 323 g/mol. The lowest BCUT2D eigenvalue weighted by Crippen LogP contribution is -2.45. The summed E-state index contributed by atoms with van der Waals surface area (Å²) in [5.74, 6) is -1.19. The second-order valence-corrected chi connectivity index (χ2v) is 5.09. The summed E-state index contributed by atoms with van der Waals surface area (Å²) in [6, 6.07) is 3.42. The van der Waals surface area contributed by atoms with E-state index >= 15 is 0 Å². The fourth-order valence-corrected chi connectivity index (χ4v) is 1.82. The van der Waals surface area contributed by atoms with E-state index in [9.17, 15) is 34.8 Å². The van der Waals surface area contributed by atoms with Gasteiger partial charge in [0.25, 0.3) is 6.17 Å². The Balaban J connectivity index is 3.17. The fraction of sp³-hybridized carbons (Fsp3) is 0.333. The maximum atomic E-state index is 13.0. The van der Waals surface area contributed by atoms with Crippen molar-refractivity contribution in [2.24, 2.45) is 5.14 Å². The topological polar surface area (TPSA) is 69.4 Å². The quantitative estimate of drug-likeness (QED) is 0.864. The lowest BCUT2D eigenvalue weighted by molar-refractivity contribution is -0.305. The molecule has 1 unspecified atom stereocenters. The number of rotatable bonds is 4. The van der Waals surface area contributed by atoms with E-state index in [0.717, 1.165) is 18.2 Å². The van der Waals surface area contributed by atoms with Gasteiger partial charge in [-0.25, -0.2) is 17.9 Å². The molecule has 0 aromatic heterocycles. The Labute approximate surface area is 109 Å². The summed E-state index contributed by atoms with van der Waals surface area (Å²) in [6.45, 7) is 0. The van der Waals surface area contributed by atoms with Crippen LogP contribution in [-0.4, -0.2) is 26.9 Å². The van der Waals surface area contributed by atoms with Gasteiger partial charge >= 0.3 is 12.3 Å². The highest BCUT2D eigenvalue weighted by Gasteiger charge is 2.59. The highest BCUT2D eigenvalue weighted by atomic mass is 32.2. The molecule has 11 heteroatoms. The molecule has 0 amide bonds. The van der Waals surface area contributed by atoms with Gasteiger partial charge in [0.15, 0.2) is 0 Å². The average Bonchev–Trinajstić information content (AvgIpc) is 2.25. The lowest BCUT2D eigenvalue weighted by atomic mass is 10.3.